The SMILES string of the molecule is C.COc1cccc(-c2cncc(C(=O)NCc3ccco3)c2)c1. The number of aromatic nitrogens is 1. The lowest BCUT2D eigenvalue weighted by Gasteiger charge is -2.07. The summed E-state index contributed by atoms with van der Waals surface area (Å²) in [4.78, 5) is 16.4. The van der Waals surface area contributed by atoms with Crippen LogP contribution in [0.2, 0.25) is 0 Å². The molecule has 0 aliphatic rings. The minimum Gasteiger partial charge on any atom is -0.497 e. The Bertz CT molecular complexity index is 798. The highest BCUT2D eigenvalue weighted by Crippen LogP contribution is 2.23. The van der Waals surface area contributed by atoms with E-state index in [9.17, 15) is 4.79 Å². The predicted molar refractivity (Wildman–Crippen MR) is 92.8 cm³/mol. The normalized spacial score (nSPS) is 9.88. The van der Waals surface area contributed by atoms with Crippen LogP contribution in [0.4, 0.5) is 0 Å². The van der Waals surface area contributed by atoms with Gasteiger partial charge in [-0.15, -0.1) is 0 Å². The first-order chi connectivity index (χ1) is 11.3. The molecule has 0 radical (unpaired) electrons. The molecule has 0 unspecified atom stereocenters. The Morgan fingerprint density at radius 2 is 2.04 bits per heavy atom. The summed E-state index contributed by atoms with van der Waals surface area (Å²) >= 11 is 0. The quantitative estimate of drug-likeness (QED) is 0.772. The molecule has 124 valence electrons. The highest BCUT2D eigenvalue weighted by Gasteiger charge is 2.09. The zero-order valence-corrected chi connectivity index (χ0v) is 12.7. The van der Waals surface area contributed by atoms with Crippen molar-refractivity contribution in [2.75, 3.05) is 7.11 Å². The third-order valence-electron chi connectivity index (χ3n) is 3.41. The van der Waals surface area contributed by atoms with Gasteiger partial charge in [0.05, 0.1) is 25.5 Å². The molecule has 2 aromatic heterocycles. The van der Waals surface area contributed by atoms with Crippen molar-refractivity contribution < 1.29 is 13.9 Å². The van der Waals surface area contributed by atoms with Gasteiger partial charge < -0.3 is 14.5 Å². The van der Waals surface area contributed by atoms with E-state index in [0.29, 0.717) is 17.9 Å². The third-order valence-corrected chi connectivity index (χ3v) is 3.41. The highest BCUT2D eigenvalue weighted by atomic mass is 16.5. The van der Waals surface area contributed by atoms with Crippen LogP contribution in [0, 0.1) is 0 Å². The summed E-state index contributed by atoms with van der Waals surface area (Å²) in [6.07, 6.45) is 4.84. The van der Waals surface area contributed by atoms with Crippen molar-refractivity contribution in [3.63, 3.8) is 0 Å². The zero-order valence-electron chi connectivity index (χ0n) is 12.7. The molecule has 0 fully saturated rings. The van der Waals surface area contributed by atoms with Gasteiger partial charge in [-0.25, -0.2) is 0 Å². The lowest BCUT2D eigenvalue weighted by atomic mass is 10.1. The summed E-state index contributed by atoms with van der Waals surface area (Å²) in [6, 6.07) is 13.0. The molecule has 0 saturated carbocycles. The number of hydrogen-bond donors (Lipinski definition) is 1. The van der Waals surface area contributed by atoms with Crippen LogP contribution in [0.15, 0.2) is 65.5 Å². The van der Waals surface area contributed by atoms with Crippen molar-refractivity contribution in [3.8, 4) is 16.9 Å². The van der Waals surface area contributed by atoms with Gasteiger partial charge in [0, 0.05) is 18.0 Å². The Morgan fingerprint density at radius 3 is 2.79 bits per heavy atom. The van der Waals surface area contributed by atoms with E-state index in [-0.39, 0.29) is 13.3 Å². The fourth-order valence-corrected chi connectivity index (χ4v) is 2.21. The Balaban J connectivity index is 0.00000208. The van der Waals surface area contributed by atoms with Crippen molar-refractivity contribution in [2.24, 2.45) is 0 Å². The average Bonchev–Trinajstić information content (AvgIpc) is 3.13. The number of ether oxygens (including phenoxy) is 1. The number of furan rings is 1. The molecule has 0 saturated heterocycles. The Morgan fingerprint density at radius 1 is 1.17 bits per heavy atom. The largest absolute Gasteiger partial charge is 0.497 e. The monoisotopic (exact) mass is 324 g/mol. The first-order valence-electron chi connectivity index (χ1n) is 7.16. The maximum atomic E-state index is 12.2. The van der Waals surface area contributed by atoms with Crippen molar-refractivity contribution in [2.45, 2.75) is 14.0 Å². The van der Waals surface area contributed by atoms with Crippen LogP contribution in [-0.2, 0) is 6.54 Å². The van der Waals surface area contributed by atoms with Gasteiger partial charge >= 0.3 is 0 Å². The highest BCUT2D eigenvalue weighted by molar-refractivity contribution is 5.95. The summed E-state index contributed by atoms with van der Waals surface area (Å²) in [5.41, 5.74) is 2.30. The number of rotatable bonds is 5. The molecule has 0 aliphatic heterocycles. The first-order valence-corrected chi connectivity index (χ1v) is 7.16. The van der Waals surface area contributed by atoms with Crippen LogP contribution < -0.4 is 10.1 Å². The molecule has 0 aliphatic carbocycles. The zero-order chi connectivity index (χ0) is 16.1. The number of pyridine rings is 1. The molecular formula is C19H20N2O3. The Kier molecular flexibility index (Phi) is 5.73. The molecule has 0 atom stereocenters. The molecule has 24 heavy (non-hydrogen) atoms. The van der Waals surface area contributed by atoms with Gasteiger partial charge in [-0.05, 0) is 35.9 Å². The van der Waals surface area contributed by atoms with Crippen LogP contribution in [0.1, 0.15) is 23.5 Å². The van der Waals surface area contributed by atoms with Crippen molar-refractivity contribution >= 4 is 5.91 Å². The fraction of sp³-hybridized carbons (Fsp3) is 0.158. The maximum absolute atomic E-state index is 12.2. The van der Waals surface area contributed by atoms with Gasteiger partial charge in [-0.1, -0.05) is 19.6 Å². The van der Waals surface area contributed by atoms with E-state index in [1.807, 2.05) is 30.3 Å². The van der Waals surface area contributed by atoms with Crippen LogP contribution in [0.3, 0.4) is 0 Å². The number of hydrogen-bond acceptors (Lipinski definition) is 4. The molecule has 5 heteroatoms. The fourth-order valence-electron chi connectivity index (χ4n) is 2.21. The smallest absolute Gasteiger partial charge is 0.253 e. The standard InChI is InChI=1S/C18H16N2O3.CH4/c1-22-16-5-2-4-13(9-16)14-8-15(11-19-10-14)18(21)20-12-17-6-3-7-23-17;/h2-11H,12H2,1H3,(H,20,21);1H4. The summed E-state index contributed by atoms with van der Waals surface area (Å²) in [5, 5.41) is 2.81. The first kappa shape index (κ1) is 17.3. The lowest BCUT2D eigenvalue weighted by molar-refractivity contribution is 0.0947. The van der Waals surface area contributed by atoms with E-state index in [4.69, 9.17) is 9.15 Å². The molecule has 3 aromatic rings. The van der Waals surface area contributed by atoms with Gasteiger partial charge in [-0.3, -0.25) is 9.78 Å². The van der Waals surface area contributed by atoms with Crippen LogP contribution >= 0.6 is 0 Å². The summed E-state index contributed by atoms with van der Waals surface area (Å²) in [6.45, 7) is 0.342. The van der Waals surface area contributed by atoms with Crippen LogP contribution in [0.25, 0.3) is 11.1 Å². The summed E-state index contributed by atoms with van der Waals surface area (Å²) < 4.78 is 10.4. The number of nitrogens with one attached hydrogen (secondary N) is 1. The minimum atomic E-state index is -0.196. The second kappa shape index (κ2) is 7.97. The minimum absolute atomic E-state index is 0. The van der Waals surface area contributed by atoms with E-state index in [2.05, 4.69) is 10.3 Å². The van der Waals surface area contributed by atoms with Gasteiger partial charge in [0.25, 0.3) is 5.91 Å². The van der Waals surface area contributed by atoms with E-state index in [0.717, 1.165) is 16.9 Å². The van der Waals surface area contributed by atoms with Gasteiger partial charge in [0.15, 0.2) is 0 Å². The van der Waals surface area contributed by atoms with Gasteiger partial charge in [0.2, 0.25) is 0 Å². The second-order valence-electron chi connectivity index (χ2n) is 4.96. The number of methoxy groups -OCH3 is 1. The van der Waals surface area contributed by atoms with Crippen LogP contribution in [0.5, 0.6) is 5.75 Å². The number of carbonyl (C=O) groups excluding carboxylic acids is 1. The van der Waals surface area contributed by atoms with Gasteiger partial charge in [-0.2, -0.15) is 0 Å². The van der Waals surface area contributed by atoms with E-state index in [1.54, 1.807) is 37.9 Å². The van der Waals surface area contributed by atoms with Crippen molar-refractivity contribution in [3.05, 3.63) is 72.4 Å². The summed E-state index contributed by atoms with van der Waals surface area (Å²) in [7, 11) is 1.62. The van der Waals surface area contributed by atoms with Gasteiger partial charge in [0.1, 0.15) is 11.5 Å². The number of benzene rings is 1. The second-order valence-corrected chi connectivity index (χ2v) is 4.96. The maximum Gasteiger partial charge on any atom is 0.253 e. The van der Waals surface area contributed by atoms with E-state index in [1.165, 1.54) is 0 Å². The summed E-state index contributed by atoms with van der Waals surface area (Å²) in [5.74, 6) is 1.27. The number of amides is 1. The topological polar surface area (TPSA) is 64.4 Å². The lowest BCUT2D eigenvalue weighted by Crippen LogP contribution is -2.22. The number of carbonyl (C=O) groups is 1. The molecule has 2 heterocycles. The molecule has 0 bridgehead atoms. The molecule has 1 N–H and O–H groups in total. The number of nitrogens with zero attached hydrogens (tertiary/aromatic N) is 1. The predicted octanol–water partition coefficient (Wildman–Crippen LogP) is 3.92. The molecule has 3 rings (SSSR count). The molecule has 5 nitrogen and oxygen atoms in total. The molecule has 0 spiro atoms. The molecule has 1 aromatic carbocycles. The van der Waals surface area contributed by atoms with Crippen LogP contribution in [-0.4, -0.2) is 18.0 Å². The molecular weight excluding hydrogens is 304 g/mol. The third kappa shape index (κ3) is 4.01. The van der Waals surface area contributed by atoms with Crippen molar-refractivity contribution in [1.82, 2.24) is 10.3 Å². The Hall–Kier alpha value is -3.08. The van der Waals surface area contributed by atoms with Crippen molar-refractivity contribution in [1.29, 1.82) is 0 Å². The van der Waals surface area contributed by atoms with E-state index < -0.39 is 0 Å². The van der Waals surface area contributed by atoms with E-state index >= 15 is 0 Å². The Labute approximate surface area is 141 Å². The molecule has 1 amide bonds. The average molecular weight is 324 g/mol.